The molecule has 0 saturated carbocycles. The Morgan fingerprint density at radius 1 is 0.873 bits per heavy atom. The highest BCUT2D eigenvalue weighted by atomic mass is 32.1. The SMILES string of the molecule is CCCCP(=O)(O)OP(=O)(O)COCCCC(=O)c1csc([C@@H](CC(=O)[C@H](C)[C@@H](OC)[C@@H]2CCCN2C(=O)C[C@@H](OC)[C@H]([C@@H](C)CC)N(C)C(=O)[C@@H](CC(=O)[C@@H](C)C(C)C)C(C)C)Cc2ccccc2)n1. The van der Waals surface area contributed by atoms with Gasteiger partial charge in [-0.2, -0.15) is 0 Å². The smallest absolute Gasteiger partial charge is 0.360 e. The molecule has 19 heteroatoms. The molecule has 3 rings (SSSR count). The van der Waals surface area contributed by atoms with E-state index in [0.717, 1.165) is 18.4 Å². The molecule has 2 unspecified atom stereocenters. The maximum Gasteiger partial charge on any atom is 0.360 e. The Bertz CT molecular complexity index is 2100. The van der Waals surface area contributed by atoms with Crippen molar-refractivity contribution in [2.75, 3.05) is 46.9 Å². The minimum absolute atomic E-state index is 0.0129. The van der Waals surface area contributed by atoms with Crippen LogP contribution in [-0.4, -0.2) is 125 Å². The Morgan fingerprint density at radius 2 is 1.54 bits per heavy atom. The fourth-order valence-electron chi connectivity index (χ4n) is 9.43. The topological polar surface area (TPSA) is 216 Å². The number of ketones is 3. The van der Waals surface area contributed by atoms with Crippen LogP contribution in [0.5, 0.6) is 0 Å². The van der Waals surface area contributed by atoms with E-state index >= 15 is 0 Å². The Balaban J connectivity index is 1.75. The number of Topliss-reactive ketones (excluding diaryl/α,β-unsaturated/α-hetero) is 3. The lowest BCUT2D eigenvalue weighted by Crippen LogP contribution is -2.54. The van der Waals surface area contributed by atoms with E-state index in [1.165, 1.54) is 11.3 Å². The number of carbonyl (C=O) groups is 5. The number of carbonyl (C=O) groups excluding carboxylic acids is 5. The number of nitrogens with zero attached hydrogens (tertiary/aromatic N) is 3. The predicted octanol–water partition coefficient (Wildman–Crippen LogP) is 10.00. The second-order valence-electron chi connectivity index (χ2n) is 20.3. The van der Waals surface area contributed by atoms with Crippen molar-refractivity contribution < 1.29 is 61.4 Å². The third-order valence-electron chi connectivity index (χ3n) is 14.3. The molecule has 0 radical (unpaired) electrons. The molecular weight excluding hydrogens is 969 g/mol. The van der Waals surface area contributed by atoms with Gasteiger partial charge in [-0.05, 0) is 55.4 Å². The molecule has 2 N–H and O–H groups in total. The lowest BCUT2D eigenvalue weighted by Gasteiger charge is -2.41. The molecule has 0 bridgehead atoms. The number of aromatic nitrogens is 1. The molecule has 1 fully saturated rings. The zero-order valence-corrected chi connectivity index (χ0v) is 47.1. The number of rotatable bonds is 34. The summed E-state index contributed by atoms with van der Waals surface area (Å²) in [6.07, 6.45) is 1.78. The van der Waals surface area contributed by atoms with Crippen LogP contribution in [0, 0.1) is 35.5 Å². The van der Waals surface area contributed by atoms with Crippen LogP contribution < -0.4 is 0 Å². The van der Waals surface area contributed by atoms with Gasteiger partial charge < -0.3 is 33.8 Å². The highest BCUT2D eigenvalue weighted by molar-refractivity contribution is 7.66. The summed E-state index contributed by atoms with van der Waals surface area (Å²) in [6.45, 7) is 18.0. The lowest BCUT2D eigenvalue weighted by molar-refractivity contribution is -0.149. The summed E-state index contributed by atoms with van der Waals surface area (Å²) in [4.78, 5) is 97.9. The molecular formula is C52H85N3O13P2S. The van der Waals surface area contributed by atoms with Crippen molar-refractivity contribution in [1.82, 2.24) is 14.8 Å². The molecule has 1 aliphatic heterocycles. The van der Waals surface area contributed by atoms with Gasteiger partial charge in [-0.25, -0.2) is 9.29 Å². The number of ether oxygens (including phenoxy) is 3. The molecule has 71 heavy (non-hydrogen) atoms. The van der Waals surface area contributed by atoms with Crippen molar-refractivity contribution in [2.24, 2.45) is 35.5 Å². The van der Waals surface area contributed by atoms with Crippen molar-refractivity contribution in [3.8, 4) is 0 Å². The molecule has 1 aromatic carbocycles. The zero-order valence-electron chi connectivity index (χ0n) is 44.5. The Hall–Kier alpha value is -2.98. The summed E-state index contributed by atoms with van der Waals surface area (Å²) in [6, 6.07) is 8.89. The van der Waals surface area contributed by atoms with Crippen LogP contribution in [0.2, 0.25) is 0 Å². The number of unbranched alkanes of at least 4 members (excludes halogenated alkanes) is 1. The number of likely N-dealkylation sites (N-methyl/N-ethyl adjacent to an activating group) is 1. The number of hydrogen-bond acceptors (Lipinski definition) is 13. The number of benzene rings is 1. The van der Waals surface area contributed by atoms with Gasteiger partial charge in [0.15, 0.2) is 5.78 Å². The van der Waals surface area contributed by atoms with E-state index in [2.05, 4.69) is 11.2 Å². The van der Waals surface area contributed by atoms with Crippen LogP contribution >= 0.6 is 26.5 Å². The Kier molecular flexibility index (Phi) is 26.1. The fraction of sp³-hybridized carbons (Fsp3) is 0.731. The standard InChI is InChI=1S/C52H85N3O13P2S/c1-13-15-27-69(61,62)68-70(63,64)33-67-26-20-24-44(56)42-32-71-51(53-42)40(28-39-21-17-16-18-22-39)29-45(57)38(9)50(66-12)43-23-19-25-55(43)48(59)31-47(65-11)49(36(7)14-2)54(10)52(60)41(35(5)6)30-46(58)37(8)34(3)4/h16-18,21-22,32,34-38,40-41,43,47,49-50H,13-15,19-20,23-31,33H2,1-12H3,(H,61,62)(H,63,64)/t36-,37-,38-,40+,41-,43-,47+,49-,50+/m0/s1. The molecule has 0 aliphatic carbocycles. The molecule has 2 aromatic rings. The third-order valence-corrected chi connectivity index (χ3v) is 18.8. The summed E-state index contributed by atoms with van der Waals surface area (Å²) >= 11 is 1.30. The van der Waals surface area contributed by atoms with Gasteiger partial charge in [0.2, 0.25) is 11.8 Å². The van der Waals surface area contributed by atoms with Crippen LogP contribution in [-0.2, 0) is 53.3 Å². The quantitative estimate of drug-likeness (QED) is 0.0379. The van der Waals surface area contributed by atoms with Crippen LogP contribution in [0.15, 0.2) is 35.7 Å². The van der Waals surface area contributed by atoms with Crippen molar-refractivity contribution in [3.63, 3.8) is 0 Å². The number of amides is 2. The number of hydrogen-bond donors (Lipinski definition) is 2. The average Bonchev–Trinajstić information content (AvgIpc) is 4.03. The summed E-state index contributed by atoms with van der Waals surface area (Å²) < 4.78 is 46.5. The first-order chi connectivity index (χ1) is 33.4. The molecule has 16 nitrogen and oxygen atoms in total. The van der Waals surface area contributed by atoms with Gasteiger partial charge in [0.05, 0.1) is 41.9 Å². The molecule has 11 atom stereocenters. The second-order valence-corrected chi connectivity index (χ2v) is 25.1. The fourth-order valence-corrected chi connectivity index (χ4v) is 13.5. The molecule has 402 valence electrons. The average molecular weight is 1050 g/mol. The van der Waals surface area contributed by atoms with Gasteiger partial charge in [-0.15, -0.1) is 11.3 Å². The van der Waals surface area contributed by atoms with Crippen LogP contribution in [0.3, 0.4) is 0 Å². The Labute approximate surface area is 427 Å². The van der Waals surface area contributed by atoms with Gasteiger partial charge >= 0.3 is 15.2 Å². The van der Waals surface area contributed by atoms with Crippen molar-refractivity contribution >= 4 is 55.7 Å². The molecule has 1 saturated heterocycles. The molecule has 2 amide bonds. The maximum atomic E-state index is 14.5. The molecule has 1 aromatic heterocycles. The van der Waals surface area contributed by atoms with Crippen molar-refractivity contribution in [3.05, 3.63) is 52.0 Å². The van der Waals surface area contributed by atoms with Crippen LogP contribution in [0.1, 0.15) is 153 Å². The molecule has 2 heterocycles. The summed E-state index contributed by atoms with van der Waals surface area (Å²) in [5.74, 6) is -2.15. The third kappa shape index (κ3) is 19.0. The Morgan fingerprint density at radius 3 is 2.13 bits per heavy atom. The first-order valence-corrected chi connectivity index (χ1v) is 29.9. The normalized spacial score (nSPS) is 19.3. The van der Waals surface area contributed by atoms with E-state index in [9.17, 15) is 42.9 Å². The molecule has 0 spiro atoms. The first-order valence-electron chi connectivity index (χ1n) is 25.5. The lowest BCUT2D eigenvalue weighted by atomic mass is 9.82. The van der Waals surface area contributed by atoms with E-state index < -0.39 is 51.6 Å². The van der Waals surface area contributed by atoms with E-state index in [1.807, 2.05) is 90.6 Å². The number of methoxy groups -OCH3 is 2. The second kappa shape index (κ2) is 29.8. The van der Waals surface area contributed by atoms with Gasteiger partial charge in [-0.1, -0.05) is 105 Å². The summed E-state index contributed by atoms with van der Waals surface area (Å²) in [5.41, 5.74) is 1.23. The zero-order chi connectivity index (χ0) is 53.2. The highest BCUT2D eigenvalue weighted by Crippen LogP contribution is 2.59. The van der Waals surface area contributed by atoms with E-state index in [-0.39, 0.29) is 115 Å². The number of likely N-dealkylation sites (tertiary alicyclic amines) is 1. The van der Waals surface area contributed by atoms with Crippen molar-refractivity contribution in [1.29, 1.82) is 0 Å². The van der Waals surface area contributed by atoms with Gasteiger partial charge in [0.1, 0.15) is 23.6 Å². The van der Waals surface area contributed by atoms with Crippen LogP contribution in [0.25, 0.3) is 0 Å². The minimum Gasteiger partial charge on any atom is -0.379 e. The summed E-state index contributed by atoms with van der Waals surface area (Å²) in [7, 11) is -3.85. The monoisotopic (exact) mass is 1050 g/mol. The maximum absolute atomic E-state index is 14.5. The van der Waals surface area contributed by atoms with Gasteiger partial charge in [0, 0.05) is 82.7 Å². The first kappa shape index (κ1) is 62.3. The van der Waals surface area contributed by atoms with E-state index in [1.54, 1.807) is 31.5 Å². The van der Waals surface area contributed by atoms with E-state index in [4.69, 9.17) is 19.2 Å². The van der Waals surface area contributed by atoms with Gasteiger partial charge in [0.25, 0.3) is 0 Å². The minimum atomic E-state index is -4.49. The van der Waals surface area contributed by atoms with E-state index in [0.29, 0.717) is 37.2 Å². The number of thiazole rings is 1. The van der Waals surface area contributed by atoms with Gasteiger partial charge in [-0.3, -0.25) is 33.1 Å². The van der Waals surface area contributed by atoms with Crippen molar-refractivity contribution in [2.45, 2.75) is 163 Å². The molecule has 1 aliphatic rings. The predicted molar refractivity (Wildman–Crippen MR) is 278 cm³/mol. The van der Waals surface area contributed by atoms with Crippen LogP contribution in [0.4, 0.5) is 0 Å². The summed E-state index contributed by atoms with van der Waals surface area (Å²) in [5, 5.41) is 2.29. The largest absolute Gasteiger partial charge is 0.379 e. The highest BCUT2D eigenvalue weighted by Gasteiger charge is 2.43.